The summed E-state index contributed by atoms with van der Waals surface area (Å²) in [5.74, 6) is -0.715. The fraction of sp³-hybridized carbons (Fsp3) is 0.417. The maximum absolute atomic E-state index is 11.3. The third-order valence-electron chi connectivity index (χ3n) is 3.11. The molecule has 108 valence electrons. The number of hydrogen-bond acceptors (Lipinski definition) is 5. The Morgan fingerprint density at radius 1 is 1.45 bits per heavy atom. The fourth-order valence-corrected chi connectivity index (χ4v) is 2.30. The molecule has 2 rings (SSSR count). The van der Waals surface area contributed by atoms with Crippen LogP contribution in [-0.2, 0) is 11.3 Å². The van der Waals surface area contributed by atoms with Gasteiger partial charge in [0.25, 0.3) is 5.69 Å². The molecule has 0 spiro atoms. The Morgan fingerprint density at radius 3 is 2.65 bits per heavy atom. The number of carbonyl (C=O) groups is 1. The molecule has 0 aliphatic carbocycles. The molecule has 20 heavy (non-hydrogen) atoms. The molecule has 1 fully saturated rings. The number of rotatable bonds is 4. The van der Waals surface area contributed by atoms with Gasteiger partial charge in [-0.15, -0.1) is 0 Å². The maximum Gasteiger partial charge on any atom is 0.289 e. The van der Waals surface area contributed by atoms with Crippen molar-refractivity contribution in [2.45, 2.75) is 6.54 Å². The maximum atomic E-state index is 11.3. The molecular weight excluding hydrogens is 286 g/mol. The molecule has 1 heterocycles. The Bertz CT molecular complexity index is 544. The van der Waals surface area contributed by atoms with E-state index in [0.29, 0.717) is 38.4 Å². The number of benzene rings is 1. The van der Waals surface area contributed by atoms with E-state index in [1.807, 2.05) is 0 Å². The van der Waals surface area contributed by atoms with Gasteiger partial charge in [-0.05, 0) is 11.6 Å². The van der Waals surface area contributed by atoms with Crippen molar-refractivity contribution >= 4 is 23.2 Å². The van der Waals surface area contributed by atoms with Crippen LogP contribution in [0.2, 0.25) is 5.02 Å². The normalized spacial score (nSPS) is 16.1. The summed E-state index contributed by atoms with van der Waals surface area (Å²) in [4.78, 5) is 23.7. The lowest BCUT2D eigenvalue weighted by molar-refractivity contribution is -0.384. The molecule has 0 saturated carbocycles. The number of carbonyl (C=O) groups excluding carboxylic acids is 1. The topological polar surface area (TPSA) is 98.7 Å². The largest absolute Gasteiger partial charge is 0.379 e. The van der Waals surface area contributed by atoms with Crippen LogP contribution in [0, 0.1) is 10.1 Å². The summed E-state index contributed by atoms with van der Waals surface area (Å²) in [7, 11) is 0. The second-order valence-electron chi connectivity index (χ2n) is 4.48. The van der Waals surface area contributed by atoms with Gasteiger partial charge in [0.1, 0.15) is 5.02 Å². The van der Waals surface area contributed by atoms with Crippen molar-refractivity contribution in [2.75, 3.05) is 26.3 Å². The standard InChI is InChI=1S/C12H14ClN3O4/c13-11-9(7-15-1-3-20-4-2-15)5-8(12(14)17)6-10(11)16(18)19/h5-6H,1-4,7H2,(H2,14,17). The van der Waals surface area contributed by atoms with Crippen LogP contribution in [0.4, 0.5) is 5.69 Å². The van der Waals surface area contributed by atoms with E-state index in [1.165, 1.54) is 6.07 Å². The zero-order chi connectivity index (χ0) is 14.7. The molecule has 0 bridgehead atoms. The molecule has 0 radical (unpaired) electrons. The lowest BCUT2D eigenvalue weighted by atomic mass is 10.1. The van der Waals surface area contributed by atoms with Gasteiger partial charge < -0.3 is 10.5 Å². The summed E-state index contributed by atoms with van der Waals surface area (Å²) in [6.07, 6.45) is 0. The Hall–Kier alpha value is -1.70. The minimum Gasteiger partial charge on any atom is -0.379 e. The van der Waals surface area contributed by atoms with E-state index in [0.717, 1.165) is 6.07 Å². The van der Waals surface area contributed by atoms with Gasteiger partial charge in [0, 0.05) is 31.3 Å². The SMILES string of the molecule is NC(=O)c1cc(CN2CCOCC2)c(Cl)c([N+](=O)[O-])c1. The van der Waals surface area contributed by atoms with E-state index < -0.39 is 10.8 Å². The van der Waals surface area contributed by atoms with Crippen molar-refractivity contribution < 1.29 is 14.5 Å². The van der Waals surface area contributed by atoms with Crippen LogP contribution in [0.5, 0.6) is 0 Å². The highest BCUT2D eigenvalue weighted by atomic mass is 35.5. The second kappa shape index (κ2) is 6.17. The number of nitrogens with zero attached hydrogens (tertiary/aromatic N) is 2. The Kier molecular flexibility index (Phi) is 4.53. The van der Waals surface area contributed by atoms with Crippen LogP contribution in [0.3, 0.4) is 0 Å². The van der Waals surface area contributed by atoms with Crippen LogP contribution in [0.15, 0.2) is 12.1 Å². The van der Waals surface area contributed by atoms with Crippen molar-refractivity contribution in [3.63, 3.8) is 0 Å². The van der Waals surface area contributed by atoms with Gasteiger partial charge in [0.05, 0.1) is 18.1 Å². The van der Waals surface area contributed by atoms with Crippen molar-refractivity contribution in [3.8, 4) is 0 Å². The number of hydrogen-bond donors (Lipinski definition) is 1. The Labute approximate surface area is 120 Å². The van der Waals surface area contributed by atoms with Gasteiger partial charge in [-0.25, -0.2) is 0 Å². The predicted molar refractivity (Wildman–Crippen MR) is 72.7 cm³/mol. The number of nitrogens with two attached hydrogens (primary N) is 1. The van der Waals surface area contributed by atoms with E-state index in [4.69, 9.17) is 22.1 Å². The van der Waals surface area contributed by atoms with E-state index in [9.17, 15) is 14.9 Å². The van der Waals surface area contributed by atoms with Crippen molar-refractivity contribution in [1.29, 1.82) is 0 Å². The van der Waals surface area contributed by atoms with Gasteiger partial charge in [0.2, 0.25) is 5.91 Å². The van der Waals surface area contributed by atoms with Crippen molar-refractivity contribution in [2.24, 2.45) is 5.73 Å². The van der Waals surface area contributed by atoms with E-state index >= 15 is 0 Å². The highest BCUT2D eigenvalue weighted by molar-refractivity contribution is 6.33. The molecule has 0 atom stereocenters. The minimum absolute atomic E-state index is 0.0477. The summed E-state index contributed by atoms with van der Waals surface area (Å²) in [6, 6.07) is 2.61. The summed E-state index contributed by atoms with van der Waals surface area (Å²) in [6.45, 7) is 3.06. The average Bonchev–Trinajstić information content (AvgIpc) is 2.41. The van der Waals surface area contributed by atoms with E-state index in [-0.39, 0.29) is 16.3 Å². The number of halogens is 1. The molecule has 1 aromatic carbocycles. The molecule has 1 saturated heterocycles. The van der Waals surface area contributed by atoms with Crippen LogP contribution in [0.25, 0.3) is 0 Å². The highest BCUT2D eigenvalue weighted by Crippen LogP contribution is 2.30. The van der Waals surface area contributed by atoms with Crippen LogP contribution >= 0.6 is 11.6 Å². The number of nitro groups is 1. The van der Waals surface area contributed by atoms with Gasteiger partial charge in [-0.3, -0.25) is 19.8 Å². The van der Waals surface area contributed by atoms with Crippen LogP contribution < -0.4 is 5.73 Å². The number of amides is 1. The summed E-state index contributed by atoms with van der Waals surface area (Å²) in [5.41, 5.74) is 5.51. The van der Waals surface area contributed by atoms with Gasteiger partial charge in [-0.1, -0.05) is 11.6 Å². The molecule has 8 heteroatoms. The first kappa shape index (κ1) is 14.7. The quantitative estimate of drug-likeness (QED) is 0.665. The summed E-state index contributed by atoms with van der Waals surface area (Å²) >= 11 is 6.05. The van der Waals surface area contributed by atoms with E-state index in [2.05, 4.69) is 4.90 Å². The lowest BCUT2D eigenvalue weighted by Crippen LogP contribution is -2.35. The first-order chi connectivity index (χ1) is 9.49. The monoisotopic (exact) mass is 299 g/mol. The average molecular weight is 300 g/mol. The highest BCUT2D eigenvalue weighted by Gasteiger charge is 2.22. The zero-order valence-corrected chi connectivity index (χ0v) is 11.4. The van der Waals surface area contributed by atoms with Crippen LogP contribution in [-0.4, -0.2) is 42.0 Å². The first-order valence-corrected chi connectivity index (χ1v) is 6.43. The molecule has 0 unspecified atom stereocenters. The van der Waals surface area contributed by atoms with Crippen molar-refractivity contribution in [3.05, 3.63) is 38.4 Å². The third kappa shape index (κ3) is 3.24. The fourth-order valence-electron chi connectivity index (χ4n) is 2.06. The van der Waals surface area contributed by atoms with Gasteiger partial charge >= 0.3 is 0 Å². The van der Waals surface area contributed by atoms with Gasteiger partial charge in [0.15, 0.2) is 0 Å². The molecular formula is C12H14ClN3O4. The molecule has 0 aromatic heterocycles. The molecule has 2 N–H and O–H groups in total. The predicted octanol–water partition coefficient (Wildman–Crippen LogP) is 1.18. The summed E-state index contributed by atoms with van der Waals surface area (Å²) in [5, 5.41) is 11.0. The molecule has 1 amide bonds. The third-order valence-corrected chi connectivity index (χ3v) is 3.54. The minimum atomic E-state index is -0.715. The number of morpholine rings is 1. The number of ether oxygens (including phenoxy) is 1. The van der Waals surface area contributed by atoms with Gasteiger partial charge in [-0.2, -0.15) is 0 Å². The number of nitro benzene ring substituents is 1. The lowest BCUT2D eigenvalue weighted by Gasteiger charge is -2.26. The molecule has 7 nitrogen and oxygen atoms in total. The molecule has 1 aliphatic heterocycles. The van der Waals surface area contributed by atoms with Crippen LogP contribution in [0.1, 0.15) is 15.9 Å². The summed E-state index contributed by atoms with van der Waals surface area (Å²) < 4.78 is 5.23. The first-order valence-electron chi connectivity index (χ1n) is 6.05. The van der Waals surface area contributed by atoms with Crippen molar-refractivity contribution in [1.82, 2.24) is 4.90 Å². The smallest absolute Gasteiger partial charge is 0.289 e. The number of primary amides is 1. The molecule has 1 aromatic rings. The van der Waals surface area contributed by atoms with E-state index in [1.54, 1.807) is 0 Å². The second-order valence-corrected chi connectivity index (χ2v) is 4.86. The Balaban J connectivity index is 2.34. The Morgan fingerprint density at radius 2 is 2.10 bits per heavy atom. The zero-order valence-electron chi connectivity index (χ0n) is 10.7. The molecule has 1 aliphatic rings.